The highest BCUT2D eigenvalue weighted by Gasteiger charge is 2.73. The van der Waals surface area contributed by atoms with Crippen LogP contribution < -0.4 is 9.80 Å². The summed E-state index contributed by atoms with van der Waals surface area (Å²) in [6.45, 7) is 3.68. The molecule has 0 aromatic heterocycles. The number of amides is 4. The maximum atomic E-state index is 14.6. The largest absolute Gasteiger partial charge is 0.274 e. The van der Waals surface area contributed by atoms with Crippen LogP contribution in [0.15, 0.2) is 84.9 Å². The molecule has 8 nitrogen and oxygen atoms in total. The van der Waals surface area contributed by atoms with Gasteiger partial charge in [0.1, 0.15) is 12.1 Å². The molecule has 6 unspecified atom stereocenters. The van der Waals surface area contributed by atoms with Crippen LogP contribution >= 0.6 is 46.4 Å². The van der Waals surface area contributed by atoms with Gasteiger partial charge in [0.25, 0.3) is 11.8 Å². The number of carbonyl (C=O) groups is 4. The quantitative estimate of drug-likeness (QED) is 0.205. The van der Waals surface area contributed by atoms with Crippen LogP contribution in [0, 0.1) is 25.7 Å². The predicted molar refractivity (Wildman–Crippen MR) is 184 cm³/mol. The zero-order valence-electron chi connectivity index (χ0n) is 25.5. The van der Waals surface area contributed by atoms with Crippen molar-refractivity contribution in [3.8, 4) is 0 Å². The van der Waals surface area contributed by atoms with Crippen LogP contribution in [0.2, 0.25) is 20.1 Å². The van der Waals surface area contributed by atoms with Crippen molar-refractivity contribution in [2.45, 2.75) is 38.0 Å². The summed E-state index contributed by atoms with van der Waals surface area (Å²) < 4.78 is 0. The van der Waals surface area contributed by atoms with E-state index in [9.17, 15) is 19.2 Å². The second kappa shape index (κ2) is 11.4. The average Bonchev–Trinajstić information content (AvgIpc) is 3.72. The van der Waals surface area contributed by atoms with Crippen LogP contribution in [-0.4, -0.2) is 45.7 Å². The standard InChI is InChI=1S/C36H26Cl4N4O4/c1-17-3-13-23(15-25(17)39)41-33(45)27-29(19-5-9-21(37)10-6-19)44-32-28(34(46)42(36(32)48)24-14-4-18(2)26(40)16-24)30(43(44)31(27)35(41)47)20-7-11-22(38)12-8-20/h3-16,27-32H,1-2H3. The summed E-state index contributed by atoms with van der Waals surface area (Å²) in [6, 6.07) is 20.5. The fourth-order valence-corrected chi connectivity index (χ4v) is 8.37. The zero-order chi connectivity index (χ0) is 33.8. The highest BCUT2D eigenvalue weighted by atomic mass is 35.5. The highest BCUT2D eigenvalue weighted by molar-refractivity contribution is 6.33. The van der Waals surface area contributed by atoms with Gasteiger partial charge in [-0.25, -0.2) is 19.8 Å². The van der Waals surface area contributed by atoms with E-state index in [1.807, 2.05) is 13.8 Å². The number of hydrazine groups is 1. The molecule has 4 fully saturated rings. The maximum Gasteiger partial charge on any atom is 0.253 e. The van der Waals surface area contributed by atoms with Crippen LogP contribution in [0.25, 0.3) is 0 Å². The molecular weight excluding hydrogens is 694 g/mol. The van der Waals surface area contributed by atoms with Gasteiger partial charge in [0.05, 0.1) is 35.3 Å². The fourth-order valence-electron chi connectivity index (χ4n) is 7.77. The minimum atomic E-state index is -1.02. The molecule has 8 rings (SSSR count). The molecule has 4 aliphatic heterocycles. The molecule has 0 spiro atoms. The third-order valence-electron chi connectivity index (χ3n) is 9.98. The van der Waals surface area contributed by atoms with E-state index in [0.29, 0.717) is 42.6 Å². The molecule has 4 aliphatic rings. The van der Waals surface area contributed by atoms with Crippen LogP contribution in [0.5, 0.6) is 0 Å². The molecule has 4 saturated heterocycles. The van der Waals surface area contributed by atoms with Crippen molar-refractivity contribution in [3.05, 3.63) is 127 Å². The number of carbonyl (C=O) groups excluding carboxylic acids is 4. The first-order valence-electron chi connectivity index (χ1n) is 15.3. The number of hydrogen-bond acceptors (Lipinski definition) is 6. The van der Waals surface area contributed by atoms with Gasteiger partial charge in [-0.15, -0.1) is 0 Å². The lowest BCUT2D eigenvalue weighted by Gasteiger charge is -2.35. The van der Waals surface area contributed by atoms with Gasteiger partial charge in [-0.3, -0.25) is 19.2 Å². The molecule has 4 aromatic rings. The van der Waals surface area contributed by atoms with E-state index in [1.165, 1.54) is 9.80 Å². The summed E-state index contributed by atoms with van der Waals surface area (Å²) in [6.07, 6.45) is 0. The van der Waals surface area contributed by atoms with E-state index >= 15 is 0 Å². The Kier molecular flexibility index (Phi) is 7.49. The monoisotopic (exact) mass is 718 g/mol. The highest BCUT2D eigenvalue weighted by Crippen LogP contribution is 2.60. The Bertz CT molecular complexity index is 1910. The third-order valence-corrected chi connectivity index (χ3v) is 11.3. The summed E-state index contributed by atoms with van der Waals surface area (Å²) in [7, 11) is 0. The summed E-state index contributed by atoms with van der Waals surface area (Å²) in [4.78, 5) is 60.6. The molecule has 0 bridgehead atoms. The van der Waals surface area contributed by atoms with Gasteiger partial charge >= 0.3 is 0 Å². The lowest BCUT2D eigenvalue weighted by molar-refractivity contribution is -0.136. The minimum absolute atomic E-state index is 0.355. The number of hydrogen-bond donors (Lipinski definition) is 0. The summed E-state index contributed by atoms with van der Waals surface area (Å²) in [5, 5.41) is 5.42. The van der Waals surface area contributed by atoms with Gasteiger partial charge in [0, 0.05) is 20.1 Å². The summed E-state index contributed by atoms with van der Waals surface area (Å²) in [5.74, 6) is -3.62. The number of imide groups is 2. The SMILES string of the molecule is Cc1ccc(N2C(=O)C3C(C2=O)N2C(c4ccc(Cl)cc4)C4C(=O)N(c5ccc(C)c(Cl)c5)C(=O)C4N2C3c2ccc(Cl)cc2)cc1Cl. The number of nitrogens with zero attached hydrogens (tertiary/aromatic N) is 4. The van der Waals surface area contributed by atoms with E-state index in [2.05, 4.69) is 0 Å². The smallest absolute Gasteiger partial charge is 0.253 e. The predicted octanol–water partition coefficient (Wildman–Crippen LogP) is 7.36. The Labute approximate surface area is 296 Å². The van der Waals surface area contributed by atoms with E-state index in [-0.39, 0.29) is 0 Å². The molecule has 0 radical (unpaired) electrons. The number of anilines is 2. The second-order valence-corrected chi connectivity index (χ2v) is 14.3. The first-order valence-corrected chi connectivity index (χ1v) is 16.8. The Morgan fingerprint density at radius 3 is 1.15 bits per heavy atom. The Morgan fingerprint density at radius 1 is 0.458 bits per heavy atom. The molecule has 6 atom stereocenters. The van der Waals surface area contributed by atoms with Crippen LogP contribution in [0.4, 0.5) is 11.4 Å². The van der Waals surface area contributed by atoms with Gasteiger partial charge in [0.2, 0.25) is 11.8 Å². The van der Waals surface area contributed by atoms with Crippen molar-refractivity contribution in [2.24, 2.45) is 11.8 Å². The van der Waals surface area contributed by atoms with Crippen LogP contribution in [0.1, 0.15) is 34.3 Å². The lowest BCUT2D eigenvalue weighted by atomic mass is 9.84. The number of benzene rings is 4. The molecule has 48 heavy (non-hydrogen) atoms. The number of rotatable bonds is 4. The van der Waals surface area contributed by atoms with E-state index in [4.69, 9.17) is 46.4 Å². The Morgan fingerprint density at radius 2 is 0.812 bits per heavy atom. The van der Waals surface area contributed by atoms with Crippen LogP contribution in [0.3, 0.4) is 0 Å². The van der Waals surface area contributed by atoms with Gasteiger partial charge in [-0.1, -0.05) is 82.8 Å². The van der Waals surface area contributed by atoms with Gasteiger partial charge in [-0.05, 0) is 84.6 Å². The third kappa shape index (κ3) is 4.51. The summed E-state index contributed by atoms with van der Waals surface area (Å²) in [5.41, 5.74) is 3.67. The fraction of sp³-hybridized carbons (Fsp3) is 0.222. The van der Waals surface area contributed by atoms with E-state index in [1.54, 1.807) is 94.9 Å². The number of halogens is 4. The average molecular weight is 720 g/mol. The first kappa shape index (κ1) is 31.5. The van der Waals surface area contributed by atoms with Crippen molar-refractivity contribution < 1.29 is 19.2 Å². The molecule has 4 amide bonds. The van der Waals surface area contributed by atoms with Gasteiger partial charge in [0.15, 0.2) is 0 Å². The Hall–Kier alpha value is -3.76. The second-order valence-electron chi connectivity index (χ2n) is 12.6. The van der Waals surface area contributed by atoms with E-state index in [0.717, 1.165) is 11.1 Å². The lowest BCUT2D eigenvalue weighted by Crippen LogP contribution is -2.50. The normalized spacial score (nSPS) is 26.9. The van der Waals surface area contributed by atoms with Crippen molar-refractivity contribution >= 4 is 81.4 Å². The van der Waals surface area contributed by atoms with Crippen molar-refractivity contribution in [1.82, 2.24) is 10.0 Å². The van der Waals surface area contributed by atoms with Crippen molar-refractivity contribution in [1.29, 1.82) is 0 Å². The summed E-state index contributed by atoms with van der Waals surface area (Å²) >= 11 is 25.5. The number of fused-ring (bicyclic) bond motifs is 5. The molecule has 0 N–H and O–H groups in total. The van der Waals surface area contributed by atoms with Crippen LogP contribution in [-0.2, 0) is 19.2 Å². The Balaban J connectivity index is 1.33. The molecule has 0 aliphatic carbocycles. The topological polar surface area (TPSA) is 81.2 Å². The first-order chi connectivity index (χ1) is 23.0. The van der Waals surface area contributed by atoms with Crippen molar-refractivity contribution in [2.75, 3.05) is 9.80 Å². The minimum Gasteiger partial charge on any atom is -0.274 e. The van der Waals surface area contributed by atoms with E-state index < -0.39 is 59.6 Å². The molecule has 242 valence electrons. The van der Waals surface area contributed by atoms with Gasteiger partial charge in [-0.2, -0.15) is 0 Å². The zero-order valence-corrected chi connectivity index (χ0v) is 28.5. The molecule has 12 heteroatoms. The molecule has 0 saturated carbocycles. The molecule has 4 aromatic carbocycles. The molecular formula is C36H26Cl4N4O4. The maximum absolute atomic E-state index is 14.6. The number of aryl methyl sites for hydroxylation is 2. The van der Waals surface area contributed by atoms with Gasteiger partial charge < -0.3 is 0 Å². The molecule has 4 heterocycles. The van der Waals surface area contributed by atoms with Crippen molar-refractivity contribution in [3.63, 3.8) is 0 Å².